The highest BCUT2D eigenvalue weighted by atomic mass is 16.5. The second kappa shape index (κ2) is 3.32. The van der Waals surface area contributed by atoms with Gasteiger partial charge in [0.15, 0.2) is 0 Å². The zero-order valence-electron chi connectivity index (χ0n) is 9.58. The van der Waals surface area contributed by atoms with Gasteiger partial charge in [-0.3, -0.25) is 9.59 Å². The molecule has 2 aliphatic heterocycles. The van der Waals surface area contributed by atoms with E-state index in [4.69, 9.17) is 4.74 Å². The maximum absolute atomic E-state index is 12.1. The van der Waals surface area contributed by atoms with Crippen molar-refractivity contribution in [3.05, 3.63) is 0 Å². The molecule has 2 saturated heterocycles. The molecule has 2 heterocycles. The summed E-state index contributed by atoms with van der Waals surface area (Å²) < 4.78 is 5.19. The number of ketones is 1. The SMILES string of the molecule is CC(C)(C)C(=O)C1C[C@@H]2CC[C@@H]1C(=O)O2. The van der Waals surface area contributed by atoms with Crippen LogP contribution in [0.5, 0.6) is 0 Å². The van der Waals surface area contributed by atoms with Crippen molar-refractivity contribution in [2.45, 2.75) is 46.1 Å². The van der Waals surface area contributed by atoms with Crippen molar-refractivity contribution < 1.29 is 14.3 Å². The zero-order chi connectivity index (χ0) is 11.2. The molecular weight excluding hydrogens is 192 g/mol. The van der Waals surface area contributed by atoms with E-state index >= 15 is 0 Å². The largest absolute Gasteiger partial charge is 0.462 e. The predicted octanol–water partition coefficient (Wildman–Crippen LogP) is 1.94. The summed E-state index contributed by atoms with van der Waals surface area (Å²) in [5, 5.41) is 0. The standard InChI is InChI=1S/C12H18O3/c1-12(2,3)10(13)9-6-7-4-5-8(9)11(14)15-7/h7-9H,4-6H2,1-3H3/t7-,8-,9?/m0/s1. The summed E-state index contributed by atoms with van der Waals surface area (Å²) in [7, 11) is 0. The van der Waals surface area contributed by atoms with Gasteiger partial charge in [-0.2, -0.15) is 0 Å². The highest BCUT2D eigenvalue weighted by Gasteiger charge is 2.48. The fourth-order valence-electron chi connectivity index (χ4n) is 2.62. The average Bonchev–Trinajstić information content (AvgIpc) is 2.15. The number of hydrogen-bond acceptors (Lipinski definition) is 3. The Balaban J connectivity index is 2.18. The molecule has 3 heteroatoms. The average molecular weight is 210 g/mol. The van der Waals surface area contributed by atoms with Gasteiger partial charge in [0.05, 0.1) is 5.92 Å². The van der Waals surface area contributed by atoms with Crippen molar-refractivity contribution in [2.75, 3.05) is 0 Å². The van der Waals surface area contributed by atoms with Gasteiger partial charge in [0, 0.05) is 11.3 Å². The van der Waals surface area contributed by atoms with E-state index in [0.717, 1.165) is 19.3 Å². The minimum atomic E-state index is -0.345. The third-order valence-electron chi connectivity index (χ3n) is 3.46. The number of hydrogen-bond donors (Lipinski definition) is 0. The van der Waals surface area contributed by atoms with Crippen LogP contribution in [0.15, 0.2) is 0 Å². The Morgan fingerprint density at radius 3 is 2.47 bits per heavy atom. The number of rotatable bonds is 1. The number of Topliss-reactive ketones (excluding diaryl/α,β-unsaturated/α-hetero) is 1. The molecule has 0 N–H and O–H groups in total. The molecule has 0 aromatic heterocycles. The molecule has 0 aromatic rings. The van der Waals surface area contributed by atoms with Gasteiger partial charge in [-0.15, -0.1) is 0 Å². The van der Waals surface area contributed by atoms with Crippen LogP contribution in [0.2, 0.25) is 0 Å². The zero-order valence-corrected chi connectivity index (χ0v) is 9.58. The van der Waals surface area contributed by atoms with Crippen LogP contribution in [0.3, 0.4) is 0 Å². The monoisotopic (exact) mass is 210 g/mol. The Labute approximate surface area is 90.2 Å². The molecule has 84 valence electrons. The minimum Gasteiger partial charge on any atom is -0.462 e. The molecule has 0 spiro atoms. The molecule has 1 aliphatic carbocycles. The molecule has 0 aromatic carbocycles. The smallest absolute Gasteiger partial charge is 0.309 e. The first-order valence-corrected chi connectivity index (χ1v) is 5.64. The molecule has 3 aliphatic rings. The van der Waals surface area contributed by atoms with Crippen LogP contribution in [-0.2, 0) is 14.3 Å². The van der Waals surface area contributed by atoms with Gasteiger partial charge in [-0.25, -0.2) is 0 Å². The number of carbonyl (C=O) groups is 2. The Kier molecular flexibility index (Phi) is 2.36. The van der Waals surface area contributed by atoms with E-state index in [1.807, 2.05) is 20.8 Å². The molecule has 1 saturated carbocycles. The summed E-state index contributed by atoms with van der Waals surface area (Å²) in [6, 6.07) is 0. The molecule has 3 rings (SSSR count). The molecule has 3 fully saturated rings. The van der Waals surface area contributed by atoms with Crippen LogP contribution in [0.4, 0.5) is 0 Å². The van der Waals surface area contributed by atoms with Crippen molar-refractivity contribution in [3.63, 3.8) is 0 Å². The highest BCUT2D eigenvalue weighted by molar-refractivity contribution is 5.91. The quantitative estimate of drug-likeness (QED) is 0.621. The first-order valence-electron chi connectivity index (χ1n) is 5.64. The second-order valence-electron chi connectivity index (χ2n) is 5.70. The van der Waals surface area contributed by atoms with Crippen molar-refractivity contribution >= 4 is 11.8 Å². The van der Waals surface area contributed by atoms with Crippen LogP contribution in [0.1, 0.15) is 40.0 Å². The van der Waals surface area contributed by atoms with Gasteiger partial charge in [-0.05, 0) is 19.3 Å². The van der Waals surface area contributed by atoms with Gasteiger partial charge in [0.1, 0.15) is 11.9 Å². The summed E-state index contributed by atoms with van der Waals surface area (Å²) in [5.41, 5.74) is -0.345. The normalized spacial score (nSPS) is 35.1. The molecule has 0 radical (unpaired) electrons. The lowest BCUT2D eigenvalue weighted by Gasteiger charge is -2.41. The predicted molar refractivity (Wildman–Crippen MR) is 55.2 cm³/mol. The number of carbonyl (C=O) groups excluding carboxylic acids is 2. The number of fused-ring (bicyclic) bond motifs is 3. The summed E-state index contributed by atoms with van der Waals surface area (Å²) in [4.78, 5) is 23.7. The third-order valence-corrected chi connectivity index (χ3v) is 3.46. The van der Waals surface area contributed by atoms with Crippen molar-refractivity contribution in [1.82, 2.24) is 0 Å². The molecule has 15 heavy (non-hydrogen) atoms. The molecule has 2 bridgehead atoms. The lowest BCUT2D eigenvalue weighted by molar-refractivity contribution is -0.178. The summed E-state index contributed by atoms with van der Waals surface area (Å²) >= 11 is 0. The summed E-state index contributed by atoms with van der Waals surface area (Å²) in [6.07, 6.45) is 2.51. The van der Waals surface area contributed by atoms with Crippen LogP contribution in [0.25, 0.3) is 0 Å². The molecule has 3 nitrogen and oxygen atoms in total. The van der Waals surface area contributed by atoms with Crippen molar-refractivity contribution in [1.29, 1.82) is 0 Å². The first kappa shape index (κ1) is 10.7. The van der Waals surface area contributed by atoms with E-state index < -0.39 is 0 Å². The lowest BCUT2D eigenvalue weighted by Crippen LogP contribution is -2.48. The van der Waals surface area contributed by atoms with Gasteiger partial charge in [-0.1, -0.05) is 20.8 Å². The minimum absolute atomic E-state index is 0.00111. The van der Waals surface area contributed by atoms with Gasteiger partial charge in [0.2, 0.25) is 0 Å². The lowest BCUT2D eigenvalue weighted by atomic mass is 9.68. The molecule has 3 atom stereocenters. The maximum Gasteiger partial charge on any atom is 0.309 e. The van der Waals surface area contributed by atoms with Gasteiger partial charge < -0.3 is 4.74 Å². The second-order valence-corrected chi connectivity index (χ2v) is 5.70. The maximum atomic E-state index is 12.1. The first-order chi connectivity index (χ1) is 6.89. The van der Waals surface area contributed by atoms with E-state index in [-0.39, 0.29) is 35.1 Å². The van der Waals surface area contributed by atoms with Crippen molar-refractivity contribution in [2.24, 2.45) is 17.3 Å². The Bertz CT molecular complexity index is 300. The van der Waals surface area contributed by atoms with E-state index in [1.54, 1.807) is 0 Å². The summed E-state index contributed by atoms with van der Waals surface area (Å²) in [5.74, 6) is -0.194. The van der Waals surface area contributed by atoms with Crippen LogP contribution >= 0.6 is 0 Å². The van der Waals surface area contributed by atoms with Gasteiger partial charge >= 0.3 is 5.97 Å². The Hall–Kier alpha value is -0.860. The van der Waals surface area contributed by atoms with Crippen LogP contribution < -0.4 is 0 Å². The molecule has 1 unspecified atom stereocenters. The highest BCUT2D eigenvalue weighted by Crippen LogP contribution is 2.41. The van der Waals surface area contributed by atoms with E-state index in [0.29, 0.717) is 0 Å². The Morgan fingerprint density at radius 1 is 1.33 bits per heavy atom. The van der Waals surface area contributed by atoms with Crippen molar-refractivity contribution in [3.8, 4) is 0 Å². The van der Waals surface area contributed by atoms with E-state index in [2.05, 4.69) is 0 Å². The third kappa shape index (κ3) is 1.80. The van der Waals surface area contributed by atoms with E-state index in [1.165, 1.54) is 0 Å². The van der Waals surface area contributed by atoms with Gasteiger partial charge in [0.25, 0.3) is 0 Å². The van der Waals surface area contributed by atoms with Crippen LogP contribution in [0, 0.1) is 17.3 Å². The fourth-order valence-corrected chi connectivity index (χ4v) is 2.62. The van der Waals surface area contributed by atoms with Crippen LogP contribution in [-0.4, -0.2) is 17.9 Å². The van der Waals surface area contributed by atoms with E-state index in [9.17, 15) is 9.59 Å². The topological polar surface area (TPSA) is 43.4 Å². The molecule has 0 amide bonds. The number of esters is 1. The molecular formula is C12H18O3. The fraction of sp³-hybridized carbons (Fsp3) is 0.833. The number of ether oxygens (including phenoxy) is 1. The summed E-state index contributed by atoms with van der Waals surface area (Å²) in [6.45, 7) is 5.76. The Morgan fingerprint density at radius 2 is 2.00 bits per heavy atom.